The summed E-state index contributed by atoms with van der Waals surface area (Å²) >= 11 is 7.26. The third-order valence-corrected chi connectivity index (χ3v) is 5.26. The molecule has 0 aromatic heterocycles. The van der Waals surface area contributed by atoms with Crippen LogP contribution in [0.1, 0.15) is 31.2 Å². The Hall–Kier alpha value is -0.220. The van der Waals surface area contributed by atoms with Crippen LogP contribution >= 0.6 is 31.9 Å². The molecule has 102 valence electrons. The van der Waals surface area contributed by atoms with Crippen molar-refractivity contribution in [2.24, 2.45) is 11.8 Å². The second-order valence-corrected chi connectivity index (χ2v) is 6.57. The molecule has 0 saturated carbocycles. The van der Waals surface area contributed by atoms with Crippen molar-refractivity contribution in [2.75, 3.05) is 14.2 Å². The summed E-state index contributed by atoms with van der Waals surface area (Å²) in [4.78, 5) is 0.245. The Morgan fingerprint density at radius 2 is 1.56 bits per heavy atom. The second kappa shape index (κ2) is 6.80. The van der Waals surface area contributed by atoms with Gasteiger partial charge in [-0.15, -0.1) is 0 Å². The van der Waals surface area contributed by atoms with E-state index in [1.807, 2.05) is 12.1 Å². The van der Waals surface area contributed by atoms with Crippen LogP contribution in [0, 0.1) is 11.8 Å². The van der Waals surface area contributed by atoms with E-state index in [2.05, 4.69) is 52.6 Å². The maximum atomic E-state index is 5.46. The minimum atomic E-state index is 0.245. The minimum absolute atomic E-state index is 0.245. The lowest BCUT2D eigenvalue weighted by Crippen LogP contribution is -2.11. The van der Waals surface area contributed by atoms with E-state index in [0.717, 1.165) is 21.5 Å². The molecular weight excluding hydrogens is 360 g/mol. The zero-order chi connectivity index (χ0) is 13.9. The van der Waals surface area contributed by atoms with Crippen LogP contribution in [0.2, 0.25) is 0 Å². The predicted octanol–water partition coefficient (Wildman–Crippen LogP) is 5.19. The topological polar surface area (TPSA) is 18.5 Å². The van der Waals surface area contributed by atoms with E-state index in [4.69, 9.17) is 9.47 Å². The van der Waals surface area contributed by atoms with E-state index >= 15 is 0 Å². The summed E-state index contributed by atoms with van der Waals surface area (Å²) in [7, 11) is 3.36. The molecule has 0 heterocycles. The molecule has 1 aromatic rings. The van der Waals surface area contributed by atoms with Crippen LogP contribution in [0.4, 0.5) is 0 Å². The molecule has 0 aliphatic carbocycles. The summed E-state index contributed by atoms with van der Waals surface area (Å²) < 4.78 is 11.7. The molecule has 0 radical (unpaired) electrons. The molecule has 0 saturated heterocycles. The maximum absolute atomic E-state index is 5.46. The molecule has 0 N–H and O–H groups in total. The van der Waals surface area contributed by atoms with Crippen LogP contribution in [-0.4, -0.2) is 14.2 Å². The molecule has 2 atom stereocenters. The van der Waals surface area contributed by atoms with Gasteiger partial charge in [-0.1, -0.05) is 36.7 Å². The third-order valence-electron chi connectivity index (χ3n) is 3.31. The lowest BCUT2D eigenvalue weighted by molar-refractivity contribution is 0.378. The van der Waals surface area contributed by atoms with Crippen LogP contribution in [0.5, 0.6) is 11.5 Å². The van der Waals surface area contributed by atoms with Crippen molar-refractivity contribution in [2.45, 2.75) is 25.6 Å². The Kier molecular flexibility index (Phi) is 5.99. The van der Waals surface area contributed by atoms with Gasteiger partial charge >= 0.3 is 0 Å². The van der Waals surface area contributed by atoms with E-state index < -0.39 is 0 Å². The fourth-order valence-electron chi connectivity index (χ4n) is 1.72. The molecule has 2 unspecified atom stereocenters. The second-order valence-electron chi connectivity index (χ2n) is 4.73. The predicted molar refractivity (Wildman–Crippen MR) is 82.9 cm³/mol. The SMILES string of the molecule is COc1cc(C(Br)C(C)C(C)C)c(OC)cc1Br. The molecule has 18 heavy (non-hydrogen) atoms. The first-order valence-electron chi connectivity index (χ1n) is 5.97. The van der Waals surface area contributed by atoms with Crippen LogP contribution < -0.4 is 9.47 Å². The van der Waals surface area contributed by atoms with E-state index in [-0.39, 0.29) is 4.83 Å². The monoisotopic (exact) mass is 378 g/mol. The molecule has 4 heteroatoms. The smallest absolute Gasteiger partial charge is 0.133 e. The summed E-state index contributed by atoms with van der Waals surface area (Å²) in [6.45, 7) is 6.68. The first kappa shape index (κ1) is 15.8. The van der Waals surface area contributed by atoms with E-state index in [1.54, 1.807) is 14.2 Å². The van der Waals surface area contributed by atoms with Gasteiger partial charge in [-0.3, -0.25) is 0 Å². The first-order chi connectivity index (χ1) is 8.42. The van der Waals surface area contributed by atoms with Crippen molar-refractivity contribution in [1.29, 1.82) is 0 Å². The van der Waals surface area contributed by atoms with Gasteiger partial charge in [-0.2, -0.15) is 0 Å². The fraction of sp³-hybridized carbons (Fsp3) is 0.571. The summed E-state index contributed by atoms with van der Waals surface area (Å²) in [6.07, 6.45) is 0. The molecule has 1 aromatic carbocycles. The highest BCUT2D eigenvalue weighted by Crippen LogP contribution is 2.43. The Bertz CT molecular complexity index is 405. The molecule has 0 spiro atoms. The number of alkyl halides is 1. The number of halogens is 2. The number of hydrogen-bond acceptors (Lipinski definition) is 2. The Morgan fingerprint density at radius 1 is 1.00 bits per heavy atom. The Labute approximate surface area is 126 Å². The van der Waals surface area contributed by atoms with E-state index in [1.165, 1.54) is 0 Å². The van der Waals surface area contributed by atoms with Crippen molar-refractivity contribution in [3.63, 3.8) is 0 Å². The van der Waals surface area contributed by atoms with Crippen LogP contribution in [0.3, 0.4) is 0 Å². The van der Waals surface area contributed by atoms with Gasteiger partial charge in [0.05, 0.1) is 18.7 Å². The lowest BCUT2D eigenvalue weighted by atomic mass is 9.90. The number of benzene rings is 1. The number of ether oxygens (including phenoxy) is 2. The molecule has 0 bridgehead atoms. The van der Waals surface area contributed by atoms with Gasteiger partial charge in [0.1, 0.15) is 11.5 Å². The van der Waals surface area contributed by atoms with E-state index in [9.17, 15) is 0 Å². The minimum Gasteiger partial charge on any atom is -0.496 e. The van der Waals surface area contributed by atoms with Gasteiger partial charge in [0, 0.05) is 10.4 Å². The van der Waals surface area contributed by atoms with E-state index in [0.29, 0.717) is 11.8 Å². The average Bonchev–Trinajstić information content (AvgIpc) is 2.36. The summed E-state index contributed by atoms with van der Waals surface area (Å²) in [5.74, 6) is 2.79. The standard InChI is InChI=1S/C14H20Br2O2/c1-8(2)9(3)14(16)10-6-13(18-5)11(15)7-12(10)17-4/h6-9,14H,1-5H3. The molecule has 2 nitrogen and oxygen atoms in total. The Balaban J connectivity index is 3.21. The zero-order valence-electron chi connectivity index (χ0n) is 11.5. The van der Waals surface area contributed by atoms with Gasteiger partial charge in [-0.05, 0) is 39.9 Å². The van der Waals surface area contributed by atoms with Gasteiger partial charge in [0.15, 0.2) is 0 Å². The molecule has 0 aliphatic rings. The summed E-state index contributed by atoms with van der Waals surface area (Å²) in [5, 5.41) is 0. The highest BCUT2D eigenvalue weighted by atomic mass is 79.9. The largest absolute Gasteiger partial charge is 0.496 e. The number of methoxy groups -OCH3 is 2. The quantitative estimate of drug-likeness (QED) is 0.655. The van der Waals surface area contributed by atoms with Gasteiger partial charge in [0.2, 0.25) is 0 Å². The molecular formula is C14H20Br2O2. The van der Waals surface area contributed by atoms with Gasteiger partial charge < -0.3 is 9.47 Å². The molecule has 0 aliphatic heterocycles. The molecule has 1 rings (SSSR count). The average molecular weight is 380 g/mol. The maximum Gasteiger partial charge on any atom is 0.133 e. The first-order valence-corrected chi connectivity index (χ1v) is 7.68. The van der Waals surface area contributed by atoms with Gasteiger partial charge in [-0.25, -0.2) is 0 Å². The fourth-order valence-corrected chi connectivity index (χ4v) is 3.17. The lowest BCUT2D eigenvalue weighted by Gasteiger charge is -2.24. The molecule has 0 fully saturated rings. The van der Waals surface area contributed by atoms with Crippen LogP contribution in [-0.2, 0) is 0 Å². The molecule has 0 amide bonds. The highest BCUT2D eigenvalue weighted by Gasteiger charge is 2.23. The van der Waals surface area contributed by atoms with Crippen molar-refractivity contribution >= 4 is 31.9 Å². The van der Waals surface area contributed by atoms with Crippen LogP contribution in [0.25, 0.3) is 0 Å². The number of hydrogen-bond donors (Lipinski definition) is 0. The normalized spacial score (nSPS) is 14.4. The zero-order valence-corrected chi connectivity index (χ0v) is 14.6. The van der Waals surface area contributed by atoms with Crippen molar-refractivity contribution < 1.29 is 9.47 Å². The Morgan fingerprint density at radius 3 is 2.00 bits per heavy atom. The van der Waals surface area contributed by atoms with Crippen molar-refractivity contribution in [1.82, 2.24) is 0 Å². The van der Waals surface area contributed by atoms with Crippen molar-refractivity contribution in [3.8, 4) is 11.5 Å². The van der Waals surface area contributed by atoms with Crippen molar-refractivity contribution in [3.05, 3.63) is 22.2 Å². The third kappa shape index (κ3) is 3.41. The number of rotatable bonds is 5. The highest BCUT2D eigenvalue weighted by molar-refractivity contribution is 9.10. The van der Waals surface area contributed by atoms with Crippen LogP contribution in [0.15, 0.2) is 16.6 Å². The summed E-state index contributed by atoms with van der Waals surface area (Å²) in [5.41, 5.74) is 1.12. The summed E-state index contributed by atoms with van der Waals surface area (Å²) in [6, 6.07) is 3.98. The van der Waals surface area contributed by atoms with Gasteiger partial charge in [0.25, 0.3) is 0 Å².